The van der Waals surface area contributed by atoms with E-state index in [1.54, 1.807) is 10.9 Å². The van der Waals surface area contributed by atoms with Crippen LogP contribution < -0.4 is 0 Å². The van der Waals surface area contributed by atoms with Crippen molar-refractivity contribution in [3.05, 3.63) is 16.4 Å². The maximum absolute atomic E-state index is 8.68. The quantitative estimate of drug-likeness (QED) is 0.838. The summed E-state index contributed by atoms with van der Waals surface area (Å²) in [6, 6.07) is 2.02. The number of nitriles is 1. The van der Waals surface area contributed by atoms with E-state index in [-0.39, 0.29) is 6.61 Å². The molecule has 0 aliphatic carbocycles. The van der Waals surface area contributed by atoms with Crippen LogP contribution in [-0.4, -0.2) is 21.5 Å². The Bertz CT molecular complexity index is 302. The van der Waals surface area contributed by atoms with Crippen molar-refractivity contribution in [2.24, 2.45) is 0 Å². The third kappa shape index (κ3) is 1.84. The second-order valence-corrected chi connectivity index (χ2v) is 3.11. The average Bonchev–Trinajstić information content (AvgIpc) is 2.43. The largest absolute Gasteiger partial charge is 0.396 e. The molecule has 0 fully saturated rings. The van der Waals surface area contributed by atoms with Crippen molar-refractivity contribution in [3.8, 4) is 6.07 Å². The maximum Gasteiger partial charge on any atom is 0.152 e. The first-order valence-electron chi connectivity index (χ1n) is 3.52. The Morgan fingerprint density at radius 1 is 1.75 bits per heavy atom. The molecule has 1 heterocycles. The number of hydrogen-bond donors (Lipinski definition) is 1. The first-order valence-corrected chi connectivity index (χ1v) is 4.31. The molecule has 0 spiro atoms. The zero-order chi connectivity index (χ0) is 8.97. The van der Waals surface area contributed by atoms with Gasteiger partial charge in [0.15, 0.2) is 5.69 Å². The highest BCUT2D eigenvalue weighted by atomic mass is 79.9. The molecule has 1 N–H and O–H groups in total. The number of aryl methyl sites for hydroxylation is 1. The van der Waals surface area contributed by atoms with Crippen molar-refractivity contribution < 1.29 is 5.11 Å². The minimum Gasteiger partial charge on any atom is -0.396 e. The number of aliphatic hydroxyl groups is 1. The van der Waals surface area contributed by atoms with E-state index in [0.717, 1.165) is 0 Å². The monoisotopic (exact) mass is 229 g/mol. The first kappa shape index (κ1) is 9.23. The van der Waals surface area contributed by atoms with Crippen LogP contribution in [0.3, 0.4) is 0 Å². The average molecular weight is 230 g/mol. The summed E-state index contributed by atoms with van der Waals surface area (Å²) >= 11 is 3.20. The van der Waals surface area contributed by atoms with Gasteiger partial charge in [0.1, 0.15) is 6.07 Å². The molecule has 0 bridgehead atoms. The van der Waals surface area contributed by atoms with Crippen LogP contribution in [0, 0.1) is 11.3 Å². The van der Waals surface area contributed by atoms with Gasteiger partial charge in [-0.25, -0.2) is 0 Å². The van der Waals surface area contributed by atoms with Gasteiger partial charge < -0.3 is 5.11 Å². The number of aromatic nitrogens is 2. The van der Waals surface area contributed by atoms with Gasteiger partial charge in [-0.05, 0) is 22.4 Å². The van der Waals surface area contributed by atoms with E-state index in [1.165, 1.54) is 0 Å². The fraction of sp³-hybridized carbons (Fsp3) is 0.429. The fourth-order valence-corrected chi connectivity index (χ4v) is 1.25. The molecular weight excluding hydrogens is 222 g/mol. The van der Waals surface area contributed by atoms with Crippen molar-refractivity contribution in [2.75, 3.05) is 6.61 Å². The Hall–Kier alpha value is -0.860. The van der Waals surface area contributed by atoms with Crippen LogP contribution in [0.1, 0.15) is 12.1 Å². The van der Waals surface area contributed by atoms with Crippen molar-refractivity contribution in [2.45, 2.75) is 13.0 Å². The van der Waals surface area contributed by atoms with Crippen LogP contribution >= 0.6 is 15.9 Å². The SMILES string of the molecule is N#Cc1c(Br)cnn1CCCO. The zero-order valence-electron chi connectivity index (χ0n) is 6.37. The number of aliphatic hydroxyl groups excluding tert-OH is 1. The van der Waals surface area contributed by atoms with Gasteiger partial charge >= 0.3 is 0 Å². The van der Waals surface area contributed by atoms with Gasteiger partial charge in [-0.15, -0.1) is 0 Å². The number of hydrogen-bond acceptors (Lipinski definition) is 3. The van der Waals surface area contributed by atoms with E-state index >= 15 is 0 Å². The molecule has 4 nitrogen and oxygen atoms in total. The molecule has 0 amide bonds. The molecule has 1 aromatic rings. The third-order valence-electron chi connectivity index (χ3n) is 1.43. The summed E-state index contributed by atoms with van der Waals surface area (Å²) in [7, 11) is 0. The fourth-order valence-electron chi connectivity index (χ4n) is 0.864. The Morgan fingerprint density at radius 3 is 3.08 bits per heavy atom. The molecule has 1 aromatic heterocycles. The number of nitrogens with zero attached hydrogens (tertiary/aromatic N) is 3. The molecule has 0 unspecified atom stereocenters. The van der Waals surface area contributed by atoms with Crippen LogP contribution in [0.15, 0.2) is 10.7 Å². The second-order valence-electron chi connectivity index (χ2n) is 2.25. The van der Waals surface area contributed by atoms with Gasteiger partial charge in [0.05, 0.1) is 10.7 Å². The lowest BCUT2D eigenvalue weighted by atomic mass is 10.4. The summed E-state index contributed by atoms with van der Waals surface area (Å²) in [6.45, 7) is 0.688. The molecule has 0 aliphatic rings. The molecule has 0 radical (unpaired) electrons. The van der Waals surface area contributed by atoms with Crippen LogP contribution in [0.4, 0.5) is 0 Å². The molecule has 0 saturated carbocycles. The molecule has 0 saturated heterocycles. The summed E-state index contributed by atoms with van der Waals surface area (Å²) < 4.78 is 2.27. The number of halogens is 1. The van der Waals surface area contributed by atoms with Gasteiger partial charge in [-0.2, -0.15) is 10.4 Å². The number of rotatable bonds is 3. The van der Waals surface area contributed by atoms with Crippen LogP contribution in [0.2, 0.25) is 0 Å². The summed E-state index contributed by atoms with van der Waals surface area (Å²) in [5.41, 5.74) is 0.503. The minimum absolute atomic E-state index is 0.113. The van der Waals surface area contributed by atoms with E-state index in [1.807, 2.05) is 6.07 Å². The summed E-state index contributed by atoms with van der Waals surface area (Å²) in [4.78, 5) is 0. The Kier molecular flexibility index (Phi) is 3.26. The van der Waals surface area contributed by atoms with Gasteiger partial charge in [-0.3, -0.25) is 4.68 Å². The van der Waals surface area contributed by atoms with Crippen molar-refractivity contribution >= 4 is 15.9 Å². The Labute approximate surface area is 78.6 Å². The Balaban J connectivity index is 2.79. The molecule has 1 rings (SSSR count). The van der Waals surface area contributed by atoms with Crippen molar-refractivity contribution in [3.63, 3.8) is 0 Å². The topological polar surface area (TPSA) is 61.8 Å². The van der Waals surface area contributed by atoms with Crippen molar-refractivity contribution in [1.29, 1.82) is 5.26 Å². The molecule has 0 aliphatic heterocycles. The molecule has 12 heavy (non-hydrogen) atoms. The van der Waals surface area contributed by atoms with Crippen LogP contribution in [-0.2, 0) is 6.54 Å². The van der Waals surface area contributed by atoms with Gasteiger partial charge in [-0.1, -0.05) is 0 Å². The lowest BCUT2D eigenvalue weighted by molar-refractivity contribution is 0.276. The molecular formula is C7H8BrN3O. The predicted octanol–water partition coefficient (Wildman–Crippen LogP) is 0.900. The summed E-state index contributed by atoms with van der Waals surface area (Å²) in [5, 5.41) is 21.2. The highest BCUT2D eigenvalue weighted by molar-refractivity contribution is 9.10. The summed E-state index contributed by atoms with van der Waals surface area (Å²) in [6.07, 6.45) is 2.19. The van der Waals surface area contributed by atoms with E-state index in [4.69, 9.17) is 10.4 Å². The molecule has 5 heteroatoms. The first-order chi connectivity index (χ1) is 5.79. The molecule has 0 aromatic carbocycles. The maximum atomic E-state index is 8.68. The van der Waals surface area contributed by atoms with Gasteiger partial charge in [0, 0.05) is 13.2 Å². The standard InChI is InChI=1S/C7H8BrN3O/c8-6-5-10-11(2-1-3-12)7(6)4-9/h5,12H,1-3H2. The van der Waals surface area contributed by atoms with E-state index in [0.29, 0.717) is 23.1 Å². The van der Waals surface area contributed by atoms with Gasteiger partial charge in [0.25, 0.3) is 0 Å². The van der Waals surface area contributed by atoms with Crippen molar-refractivity contribution in [1.82, 2.24) is 9.78 Å². The zero-order valence-corrected chi connectivity index (χ0v) is 7.95. The van der Waals surface area contributed by atoms with Gasteiger partial charge in [0.2, 0.25) is 0 Å². The second kappa shape index (κ2) is 4.24. The predicted molar refractivity (Wildman–Crippen MR) is 46.3 cm³/mol. The highest BCUT2D eigenvalue weighted by Crippen LogP contribution is 2.14. The normalized spacial score (nSPS) is 9.75. The van der Waals surface area contributed by atoms with Crippen LogP contribution in [0.25, 0.3) is 0 Å². The summed E-state index contributed by atoms with van der Waals surface area (Å²) in [5.74, 6) is 0. The van der Waals surface area contributed by atoms with Crippen LogP contribution in [0.5, 0.6) is 0 Å². The third-order valence-corrected chi connectivity index (χ3v) is 2.01. The smallest absolute Gasteiger partial charge is 0.152 e. The molecule has 64 valence electrons. The lowest BCUT2D eigenvalue weighted by Crippen LogP contribution is -2.04. The molecule has 0 atom stereocenters. The Morgan fingerprint density at radius 2 is 2.50 bits per heavy atom. The van der Waals surface area contributed by atoms with E-state index in [9.17, 15) is 0 Å². The highest BCUT2D eigenvalue weighted by Gasteiger charge is 2.06. The minimum atomic E-state index is 0.113. The van der Waals surface area contributed by atoms with E-state index < -0.39 is 0 Å². The van der Waals surface area contributed by atoms with E-state index in [2.05, 4.69) is 21.0 Å². The lowest BCUT2D eigenvalue weighted by Gasteiger charge is -1.99.